The lowest BCUT2D eigenvalue weighted by Gasteiger charge is -2.07. The van der Waals surface area contributed by atoms with Crippen LogP contribution >= 0.6 is 0 Å². The van der Waals surface area contributed by atoms with Crippen molar-refractivity contribution in [3.63, 3.8) is 0 Å². The molecule has 0 aliphatic heterocycles. The third-order valence-electron chi connectivity index (χ3n) is 3.23. The van der Waals surface area contributed by atoms with Crippen LogP contribution in [0.25, 0.3) is 10.9 Å². The first-order chi connectivity index (χ1) is 10.6. The Balaban J connectivity index is 1.89. The maximum absolute atomic E-state index is 12.4. The maximum atomic E-state index is 12.4. The van der Waals surface area contributed by atoms with Crippen molar-refractivity contribution < 1.29 is 9.72 Å². The molecule has 3 rings (SSSR count). The summed E-state index contributed by atoms with van der Waals surface area (Å²) in [4.78, 5) is 26.7. The summed E-state index contributed by atoms with van der Waals surface area (Å²) in [5.74, 6) is -0.285. The quantitative estimate of drug-likeness (QED) is 0.592. The van der Waals surface area contributed by atoms with Crippen LogP contribution in [0.1, 0.15) is 10.4 Å². The molecule has 0 aliphatic rings. The average Bonchev–Trinajstić information content (AvgIpc) is 2.54. The highest BCUT2D eigenvalue weighted by Gasteiger charge is 2.11. The minimum atomic E-state index is -0.484. The van der Waals surface area contributed by atoms with E-state index in [9.17, 15) is 14.9 Å². The number of fused-ring (bicyclic) bond motifs is 1. The number of hydrogen-bond donors (Lipinski definition) is 1. The van der Waals surface area contributed by atoms with Crippen LogP contribution in [0.5, 0.6) is 0 Å². The smallest absolute Gasteiger partial charge is 0.269 e. The maximum Gasteiger partial charge on any atom is 0.269 e. The first-order valence-corrected chi connectivity index (χ1v) is 6.55. The van der Waals surface area contributed by atoms with Crippen LogP contribution < -0.4 is 5.32 Å². The van der Waals surface area contributed by atoms with E-state index in [0.717, 1.165) is 10.9 Å². The van der Waals surface area contributed by atoms with Crippen LogP contribution in [0, 0.1) is 10.1 Å². The van der Waals surface area contributed by atoms with Gasteiger partial charge in [0.2, 0.25) is 0 Å². The molecule has 0 saturated heterocycles. The van der Waals surface area contributed by atoms with Gasteiger partial charge in [-0.25, -0.2) is 0 Å². The molecule has 2 aromatic carbocycles. The van der Waals surface area contributed by atoms with Gasteiger partial charge in [0.25, 0.3) is 11.6 Å². The Morgan fingerprint density at radius 1 is 1.05 bits per heavy atom. The Kier molecular flexibility index (Phi) is 3.49. The molecule has 0 unspecified atom stereocenters. The molecule has 6 nitrogen and oxygen atoms in total. The van der Waals surface area contributed by atoms with Crippen molar-refractivity contribution in [1.29, 1.82) is 0 Å². The highest BCUT2D eigenvalue weighted by atomic mass is 16.6. The predicted octanol–water partition coefficient (Wildman–Crippen LogP) is 3.40. The summed E-state index contributed by atoms with van der Waals surface area (Å²) in [7, 11) is 0. The van der Waals surface area contributed by atoms with Gasteiger partial charge in [0.15, 0.2) is 0 Å². The first-order valence-electron chi connectivity index (χ1n) is 6.55. The normalized spacial score (nSPS) is 10.4. The number of rotatable bonds is 3. The summed E-state index contributed by atoms with van der Waals surface area (Å²) in [6, 6.07) is 14.7. The topological polar surface area (TPSA) is 85.1 Å². The number of carbonyl (C=O) groups excluding carboxylic acids is 1. The van der Waals surface area contributed by atoms with Gasteiger partial charge in [-0.1, -0.05) is 18.2 Å². The van der Waals surface area contributed by atoms with Crippen LogP contribution in [0.4, 0.5) is 11.4 Å². The van der Waals surface area contributed by atoms with E-state index in [0.29, 0.717) is 11.3 Å². The van der Waals surface area contributed by atoms with Crippen molar-refractivity contribution in [2.75, 3.05) is 5.32 Å². The second-order valence-corrected chi connectivity index (χ2v) is 4.63. The van der Waals surface area contributed by atoms with Crippen LogP contribution in [-0.4, -0.2) is 15.8 Å². The summed E-state index contributed by atoms with van der Waals surface area (Å²) in [6.45, 7) is 0. The van der Waals surface area contributed by atoms with Gasteiger partial charge in [-0.05, 0) is 24.3 Å². The van der Waals surface area contributed by atoms with Gasteiger partial charge in [0, 0.05) is 29.4 Å². The summed E-state index contributed by atoms with van der Waals surface area (Å²) >= 11 is 0. The Hall–Kier alpha value is -3.28. The number of nitrogens with one attached hydrogen (secondary N) is 1. The molecule has 0 atom stereocenters. The second-order valence-electron chi connectivity index (χ2n) is 4.63. The Labute approximate surface area is 125 Å². The van der Waals surface area contributed by atoms with Crippen molar-refractivity contribution in [2.24, 2.45) is 0 Å². The highest BCUT2D eigenvalue weighted by molar-refractivity contribution is 6.12. The summed E-state index contributed by atoms with van der Waals surface area (Å²) in [6.07, 6.45) is 1.58. The van der Waals surface area contributed by atoms with Gasteiger partial charge in [0.05, 0.1) is 16.0 Å². The molecule has 1 aromatic heterocycles. The van der Waals surface area contributed by atoms with Gasteiger partial charge >= 0.3 is 0 Å². The van der Waals surface area contributed by atoms with Crippen LogP contribution in [-0.2, 0) is 0 Å². The van der Waals surface area contributed by atoms with Gasteiger partial charge < -0.3 is 5.32 Å². The number of nitro groups is 1. The monoisotopic (exact) mass is 293 g/mol. The van der Waals surface area contributed by atoms with Gasteiger partial charge in [-0.2, -0.15) is 0 Å². The number of benzene rings is 2. The van der Waals surface area contributed by atoms with Crippen molar-refractivity contribution in [3.8, 4) is 0 Å². The summed E-state index contributed by atoms with van der Waals surface area (Å²) < 4.78 is 0. The number of amides is 1. The van der Waals surface area contributed by atoms with Crippen molar-refractivity contribution in [3.05, 3.63) is 76.5 Å². The third kappa shape index (κ3) is 2.62. The molecule has 22 heavy (non-hydrogen) atoms. The SMILES string of the molecule is O=C(Nc1ccc([N+](=O)[O-])cc1)c1ccnc2ccccc12. The largest absolute Gasteiger partial charge is 0.322 e. The molecule has 0 bridgehead atoms. The molecular weight excluding hydrogens is 282 g/mol. The fourth-order valence-corrected chi connectivity index (χ4v) is 2.16. The molecule has 0 saturated carbocycles. The van der Waals surface area contributed by atoms with E-state index >= 15 is 0 Å². The molecule has 1 heterocycles. The zero-order valence-electron chi connectivity index (χ0n) is 11.4. The van der Waals surface area contributed by atoms with E-state index in [2.05, 4.69) is 10.3 Å². The number of non-ortho nitro benzene ring substituents is 1. The van der Waals surface area contributed by atoms with Gasteiger partial charge in [-0.3, -0.25) is 19.9 Å². The lowest BCUT2D eigenvalue weighted by molar-refractivity contribution is -0.384. The number of nitrogens with zero attached hydrogens (tertiary/aromatic N) is 2. The number of pyridine rings is 1. The number of nitro benzene ring substituents is 1. The minimum Gasteiger partial charge on any atom is -0.322 e. The van der Waals surface area contributed by atoms with E-state index in [4.69, 9.17) is 0 Å². The molecule has 108 valence electrons. The predicted molar refractivity (Wildman–Crippen MR) is 82.8 cm³/mol. The van der Waals surface area contributed by atoms with Gasteiger partial charge in [0.1, 0.15) is 0 Å². The van der Waals surface area contributed by atoms with E-state index in [1.807, 2.05) is 24.3 Å². The molecule has 1 amide bonds. The molecule has 3 aromatic rings. The van der Waals surface area contributed by atoms with Crippen molar-refractivity contribution in [2.45, 2.75) is 0 Å². The van der Waals surface area contributed by atoms with E-state index in [1.165, 1.54) is 24.3 Å². The number of anilines is 1. The Morgan fingerprint density at radius 3 is 2.50 bits per heavy atom. The fraction of sp³-hybridized carbons (Fsp3) is 0. The second kappa shape index (κ2) is 5.61. The average molecular weight is 293 g/mol. The molecular formula is C16H11N3O3. The molecule has 0 radical (unpaired) electrons. The lowest BCUT2D eigenvalue weighted by Crippen LogP contribution is -2.12. The number of hydrogen-bond acceptors (Lipinski definition) is 4. The van der Waals surface area contributed by atoms with Crippen molar-refractivity contribution in [1.82, 2.24) is 4.98 Å². The highest BCUT2D eigenvalue weighted by Crippen LogP contribution is 2.19. The summed E-state index contributed by atoms with van der Waals surface area (Å²) in [5.41, 5.74) is 1.71. The van der Waals surface area contributed by atoms with E-state index < -0.39 is 4.92 Å². The van der Waals surface area contributed by atoms with E-state index in [-0.39, 0.29) is 11.6 Å². The zero-order chi connectivity index (χ0) is 15.5. The summed E-state index contributed by atoms with van der Waals surface area (Å²) in [5, 5.41) is 14.1. The molecule has 0 aliphatic carbocycles. The number of carbonyl (C=O) groups is 1. The van der Waals surface area contributed by atoms with Crippen LogP contribution in [0.3, 0.4) is 0 Å². The Bertz CT molecular complexity index is 855. The molecule has 0 fully saturated rings. The third-order valence-corrected chi connectivity index (χ3v) is 3.23. The molecule has 6 heteroatoms. The van der Waals surface area contributed by atoms with E-state index in [1.54, 1.807) is 12.3 Å². The lowest BCUT2D eigenvalue weighted by atomic mass is 10.1. The van der Waals surface area contributed by atoms with Crippen LogP contribution in [0.15, 0.2) is 60.8 Å². The number of para-hydroxylation sites is 1. The Morgan fingerprint density at radius 2 is 1.77 bits per heavy atom. The molecule has 0 spiro atoms. The minimum absolute atomic E-state index is 0.0210. The fourth-order valence-electron chi connectivity index (χ4n) is 2.16. The molecule has 1 N–H and O–H groups in total. The zero-order valence-corrected chi connectivity index (χ0v) is 11.4. The van der Waals surface area contributed by atoms with Crippen LogP contribution in [0.2, 0.25) is 0 Å². The van der Waals surface area contributed by atoms with Crippen molar-refractivity contribution >= 4 is 28.2 Å². The van der Waals surface area contributed by atoms with Gasteiger partial charge in [-0.15, -0.1) is 0 Å². The standard InChI is InChI=1S/C16H11N3O3/c20-16(18-11-5-7-12(8-6-11)19(21)22)14-9-10-17-15-4-2-1-3-13(14)15/h1-10H,(H,18,20). The number of aromatic nitrogens is 1. The first kappa shape index (κ1) is 13.7.